The Hall–Kier alpha value is -0.721. The van der Waals surface area contributed by atoms with Gasteiger partial charge in [0, 0.05) is 0 Å². The van der Waals surface area contributed by atoms with E-state index in [9.17, 15) is 0 Å². The van der Waals surface area contributed by atoms with Crippen molar-refractivity contribution in [3.63, 3.8) is 0 Å². The molecule has 1 heterocycles. The van der Waals surface area contributed by atoms with E-state index < -0.39 is 0 Å². The molecule has 13 heavy (non-hydrogen) atoms. The Morgan fingerprint density at radius 1 is 1.31 bits per heavy atom. The van der Waals surface area contributed by atoms with Crippen LogP contribution in [0.3, 0.4) is 0 Å². The zero-order valence-electron chi connectivity index (χ0n) is 7.62. The number of ether oxygens (including phenoxy) is 1. The van der Waals surface area contributed by atoms with Crippen LogP contribution in [0.5, 0.6) is 5.75 Å². The summed E-state index contributed by atoms with van der Waals surface area (Å²) < 4.78 is 7.10. The first-order valence-electron chi connectivity index (χ1n) is 4.51. The van der Waals surface area contributed by atoms with Gasteiger partial charge in [0.25, 0.3) is 0 Å². The van der Waals surface area contributed by atoms with Gasteiger partial charge in [-0.05, 0) is 0 Å². The van der Waals surface area contributed by atoms with Gasteiger partial charge < -0.3 is 0 Å². The Balaban J connectivity index is 2.37. The van der Waals surface area contributed by atoms with Crippen molar-refractivity contribution in [2.45, 2.75) is 13.3 Å². The third kappa shape index (κ3) is 1.79. The summed E-state index contributed by atoms with van der Waals surface area (Å²) in [6.07, 6.45) is 1.07. The van der Waals surface area contributed by atoms with Crippen LogP contribution in [0.15, 0.2) is 29.2 Å². The zero-order valence-corrected chi connectivity index (χ0v) is 9.33. The van der Waals surface area contributed by atoms with Gasteiger partial charge in [-0.3, -0.25) is 0 Å². The Labute approximate surface area is 84.1 Å². The molecule has 0 saturated heterocycles. The van der Waals surface area contributed by atoms with Gasteiger partial charge in [0.15, 0.2) is 0 Å². The van der Waals surface area contributed by atoms with Gasteiger partial charge in [-0.2, -0.15) is 0 Å². The van der Waals surface area contributed by atoms with Crippen molar-refractivity contribution in [1.82, 2.24) is 0 Å². The Kier molecular flexibility index (Phi) is 2.72. The quantitative estimate of drug-likeness (QED) is 0.748. The molecular weight excluding hydrogens is 227 g/mol. The van der Waals surface area contributed by atoms with Crippen molar-refractivity contribution in [2.24, 2.45) is 0 Å². The molecule has 0 fully saturated rings. The fraction of sp³-hybridized carbons (Fsp3) is 0.273. The number of hydrogen-bond acceptors (Lipinski definition) is 1. The third-order valence-electron chi connectivity index (χ3n) is 1.92. The van der Waals surface area contributed by atoms with Crippen LogP contribution >= 0.6 is 0 Å². The van der Waals surface area contributed by atoms with E-state index in [0.29, 0.717) is 14.5 Å². The molecular formula is C11H12OSe. The monoisotopic (exact) mass is 240 g/mol. The molecule has 2 heteroatoms. The van der Waals surface area contributed by atoms with E-state index in [-0.39, 0.29) is 0 Å². The summed E-state index contributed by atoms with van der Waals surface area (Å²) in [5.74, 6) is 1.05. The Morgan fingerprint density at radius 3 is 3.08 bits per heavy atom. The number of rotatable bonds is 3. The molecule has 2 aromatic rings. The van der Waals surface area contributed by atoms with E-state index >= 15 is 0 Å². The summed E-state index contributed by atoms with van der Waals surface area (Å²) >= 11 is 0.529. The molecule has 0 aliphatic rings. The fourth-order valence-electron chi connectivity index (χ4n) is 1.30. The van der Waals surface area contributed by atoms with Crippen molar-refractivity contribution in [3.05, 3.63) is 29.2 Å². The maximum atomic E-state index is 5.66. The molecule has 1 aromatic carbocycles. The second-order valence-electron chi connectivity index (χ2n) is 2.94. The molecule has 0 bridgehead atoms. The van der Waals surface area contributed by atoms with Crippen LogP contribution in [-0.4, -0.2) is 21.1 Å². The van der Waals surface area contributed by atoms with E-state index in [1.54, 1.807) is 0 Å². The van der Waals surface area contributed by atoms with E-state index in [2.05, 4.69) is 36.1 Å². The summed E-state index contributed by atoms with van der Waals surface area (Å²) in [5.41, 5.74) is 0. The molecule has 0 N–H and O–H groups in total. The zero-order chi connectivity index (χ0) is 9.10. The molecule has 1 aromatic heterocycles. The van der Waals surface area contributed by atoms with Crippen LogP contribution in [0.2, 0.25) is 0 Å². The summed E-state index contributed by atoms with van der Waals surface area (Å²) in [7, 11) is 0. The second kappa shape index (κ2) is 3.99. The van der Waals surface area contributed by atoms with Crippen LogP contribution in [0.25, 0.3) is 9.65 Å². The van der Waals surface area contributed by atoms with Crippen molar-refractivity contribution >= 4 is 24.1 Å². The number of fused-ring (bicyclic) bond motifs is 1. The van der Waals surface area contributed by atoms with E-state index in [4.69, 9.17) is 4.74 Å². The van der Waals surface area contributed by atoms with Gasteiger partial charge in [-0.25, -0.2) is 0 Å². The predicted molar refractivity (Wildman–Crippen MR) is 56.7 cm³/mol. The minimum atomic E-state index is 0.529. The number of hydrogen-bond donors (Lipinski definition) is 0. The van der Waals surface area contributed by atoms with Gasteiger partial charge >= 0.3 is 83.8 Å². The van der Waals surface area contributed by atoms with Crippen molar-refractivity contribution in [3.8, 4) is 5.75 Å². The first kappa shape index (κ1) is 8.86. The van der Waals surface area contributed by atoms with E-state index in [1.807, 2.05) is 0 Å². The minimum absolute atomic E-state index is 0.529. The van der Waals surface area contributed by atoms with Crippen molar-refractivity contribution in [1.29, 1.82) is 0 Å². The van der Waals surface area contributed by atoms with Crippen LogP contribution in [0.1, 0.15) is 13.3 Å². The van der Waals surface area contributed by atoms with Crippen molar-refractivity contribution in [2.75, 3.05) is 6.61 Å². The molecule has 0 saturated carbocycles. The summed E-state index contributed by atoms with van der Waals surface area (Å²) in [5, 5.41) is 1.30. The standard InChI is InChI=1S/C11H12OSe/c1-2-7-12-10-4-3-5-11-9(10)6-8-13-11/h3-6,8H,2,7H2,1H3. The topological polar surface area (TPSA) is 9.23 Å². The van der Waals surface area contributed by atoms with E-state index in [0.717, 1.165) is 18.8 Å². The van der Waals surface area contributed by atoms with Crippen LogP contribution in [-0.2, 0) is 0 Å². The SMILES string of the molecule is CCCOc1cccc2[se]ccc12. The average Bonchev–Trinajstić information content (AvgIpc) is 2.62. The summed E-state index contributed by atoms with van der Waals surface area (Å²) in [6.45, 7) is 2.94. The maximum absolute atomic E-state index is 5.66. The first-order valence-corrected chi connectivity index (χ1v) is 6.35. The van der Waals surface area contributed by atoms with Gasteiger partial charge in [0.05, 0.1) is 0 Å². The summed E-state index contributed by atoms with van der Waals surface area (Å²) in [4.78, 5) is 2.25. The molecule has 0 amide bonds. The Bertz CT molecular complexity index is 392. The van der Waals surface area contributed by atoms with Gasteiger partial charge in [-0.15, -0.1) is 0 Å². The van der Waals surface area contributed by atoms with Gasteiger partial charge in [0.1, 0.15) is 0 Å². The van der Waals surface area contributed by atoms with Crippen molar-refractivity contribution < 1.29 is 4.74 Å². The predicted octanol–water partition coefficient (Wildman–Crippen LogP) is 2.69. The average molecular weight is 239 g/mol. The number of benzene rings is 1. The first-order chi connectivity index (χ1) is 6.42. The van der Waals surface area contributed by atoms with Gasteiger partial charge in [-0.1, -0.05) is 0 Å². The molecule has 0 aliphatic carbocycles. The fourth-order valence-corrected chi connectivity index (χ4v) is 2.99. The molecule has 0 atom stereocenters. The molecule has 0 radical (unpaired) electrons. The molecule has 1 nitrogen and oxygen atoms in total. The molecule has 0 unspecified atom stereocenters. The molecule has 0 aliphatic heterocycles. The van der Waals surface area contributed by atoms with Crippen LogP contribution in [0, 0.1) is 0 Å². The molecule has 68 valence electrons. The summed E-state index contributed by atoms with van der Waals surface area (Å²) in [6, 6.07) is 8.51. The Morgan fingerprint density at radius 2 is 2.23 bits per heavy atom. The molecule has 0 spiro atoms. The normalized spacial score (nSPS) is 10.5. The van der Waals surface area contributed by atoms with E-state index in [1.165, 1.54) is 9.65 Å². The van der Waals surface area contributed by atoms with Gasteiger partial charge in [0.2, 0.25) is 0 Å². The van der Waals surface area contributed by atoms with Crippen LogP contribution in [0.4, 0.5) is 0 Å². The van der Waals surface area contributed by atoms with Crippen LogP contribution < -0.4 is 4.74 Å². The molecule has 2 rings (SSSR count). The third-order valence-corrected chi connectivity index (χ3v) is 3.77. The second-order valence-corrected chi connectivity index (χ2v) is 4.93.